The largest absolute Gasteiger partial charge is 0.352 e. The van der Waals surface area contributed by atoms with E-state index in [9.17, 15) is 14.9 Å². The Balaban J connectivity index is 2.39. The van der Waals surface area contributed by atoms with Crippen LogP contribution in [0.4, 0.5) is 5.69 Å². The first kappa shape index (κ1) is 17.6. The van der Waals surface area contributed by atoms with Gasteiger partial charge in [-0.1, -0.05) is 39.0 Å². The lowest BCUT2D eigenvalue weighted by atomic mass is 10.1. The van der Waals surface area contributed by atoms with E-state index in [-0.39, 0.29) is 11.6 Å². The SMILES string of the molecule is CCCCCCCCNC(=O)c1ccc(Br)c([N+](=O)[O-])c1. The van der Waals surface area contributed by atoms with Crippen LogP contribution in [0.15, 0.2) is 22.7 Å². The summed E-state index contributed by atoms with van der Waals surface area (Å²) in [5.41, 5.74) is 0.220. The van der Waals surface area contributed by atoms with Crippen molar-refractivity contribution in [2.24, 2.45) is 0 Å². The molecular weight excluding hydrogens is 336 g/mol. The van der Waals surface area contributed by atoms with E-state index in [0.29, 0.717) is 16.6 Å². The monoisotopic (exact) mass is 356 g/mol. The van der Waals surface area contributed by atoms with Crippen molar-refractivity contribution in [3.05, 3.63) is 38.3 Å². The standard InChI is InChI=1S/C15H21BrN2O3/c1-2-3-4-5-6-7-10-17-15(19)12-8-9-13(16)14(11-12)18(20)21/h8-9,11H,2-7,10H2,1H3,(H,17,19). The lowest BCUT2D eigenvalue weighted by Crippen LogP contribution is -2.24. The molecule has 6 heteroatoms. The van der Waals surface area contributed by atoms with Crippen LogP contribution in [0.3, 0.4) is 0 Å². The Bertz CT molecular complexity index is 492. The third kappa shape index (κ3) is 6.25. The summed E-state index contributed by atoms with van der Waals surface area (Å²) >= 11 is 3.10. The Morgan fingerprint density at radius 3 is 2.57 bits per heavy atom. The maximum Gasteiger partial charge on any atom is 0.284 e. The van der Waals surface area contributed by atoms with Gasteiger partial charge >= 0.3 is 0 Å². The van der Waals surface area contributed by atoms with Gasteiger partial charge in [-0.25, -0.2) is 0 Å². The summed E-state index contributed by atoms with van der Waals surface area (Å²) in [6.07, 6.45) is 6.94. The summed E-state index contributed by atoms with van der Waals surface area (Å²) in [4.78, 5) is 22.2. The maximum atomic E-state index is 11.9. The Labute approximate surface area is 133 Å². The van der Waals surface area contributed by atoms with Gasteiger partial charge in [0.1, 0.15) is 0 Å². The van der Waals surface area contributed by atoms with E-state index >= 15 is 0 Å². The molecule has 0 atom stereocenters. The molecule has 0 saturated heterocycles. The summed E-state index contributed by atoms with van der Waals surface area (Å²) in [5, 5.41) is 13.6. The number of hydrogen-bond donors (Lipinski definition) is 1. The minimum absolute atomic E-state index is 0.0952. The van der Waals surface area contributed by atoms with Crippen molar-refractivity contribution in [3.63, 3.8) is 0 Å². The van der Waals surface area contributed by atoms with Gasteiger partial charge in [-0.15, -0.1) is 0 Å². The number of rotatable bonds is 9. The van der Waals surface area contributed by atoms with Crippen molar-refractivity contribution in [1.29, 1.82) is 0 Å². The van der Waals surface area contributed by atoms with Crippen LogP contribution >= 0.6 is 15.9 Å². The number of nitro benzene ring substituents is 1. The van der Waals surface area contributed by atoms with E-state index in [1.54, 1.807) is 6.07 Å². The van der Waals surface area contributed by atoms with E-state index < -0.39 is 4.92 Å². The predicted octanol–water partition coefficient (Wildman–Crippen LogP) is 4.45. The van der Waals surface area contributed by atoms with Crippen LogP contribution < -0.4 is 5.32 Å². The Morgan fingerprint density at radius 2 is 1.90 bits per heavy atom. The number of unbranched alkanes of at least 4 members (excludes halogenated alkanes) is 5. The number of nitrogens with zero attached hydrogens (tertiary/aromatic N) is 1. The summed E-state index contributed by atoms with van der Waals surface area (Å²) in [7, 11) is 0. The number of carbonyl (C=O) groups excluding carboxylic acids is 1. The lowest BCUT2D eigenvalue weighted by molar-refractivity contribution is -0.385. The number of halogens is 1. The minimum Gasteiger partial charge on any atom is -0.352 e. The number of carbonyl (C=O) groups is 1. The highest BCUT2D eigenvalue weighted by Crippen LogP contribution is 2.25. The lowest BCUT2D eigenvalue weighted by Gasteiger charge is -2.06. The van der Waals surface area contributed by atoms with Crippen LogP contribution in [-0.4, -0.2) is 17.4 Å². The molecule has 0 aromatic heterocycles. The topological polar surface area (TPSA) is 72.2 Å². The maximum absolute atomic E-state index is 11.9. The average Bonchev–Trinajstić information content (AvgIpc) is 2.46. The van der Waals surface area contributed by atoms with Crippen molar-refractivity contribution < 1.29 is 9.72 Å². The first-order valence-electron chi connectivity index (χ1n) is 7.28. The number of benzene rings is 1. The molecule has 1 aromatic carbocycles. The molecule has 0 radical (unpaired) electrons. The molecule has 1 aromatic rings. The van der Waals surface area contributed by atoms with Gasteiger partial charge in [0.25, 0.3) is 11.6 Å². The summed E-state index contributed by atoms with van der Waals surface area (Å²) in [6.45, 7) is 2.78. The van der Waals surface area contributed by atoms with Gasteiger partial charge in [0.15, 0.2) is 0 Å². The molecule has 0 unspecified atom stereocenters. The molecular formula is C15H21BrN2O3. The molecule has 0 aliphatic carbocycles. The Kier molecular flexibility index (Phi) is 7.97. The molecule has 116 valence electrons. The van der Waals surface area contributed by atoms with Gasteiger partial charge in [0.2, 0.25) is 0 Å². The van der Waals surface area contributed by atoms with E-state index in [1.807, 2.05) is 0 Å². The van der Waals surface area contributed by atoms with Crippen LogP contribution in [0.1, 0.15) is 55.8 Å². The molecule has 1 N–H and O–H groups in total. The summed E-state index contributed by atoms with van der Waals surface area (Å²) in [6, 6.07) is 4.39. The highest BCUT2D eigenvalue weighted by Gasteiger charge is 2.15. The van der Waals surface area contributed by atoms with Crippen molar-refractivity contribution in [2.45, 2.75) is 45.4 Å². The van der Waals surface area contributed by atoms with Crippen LogP contribution in [0.2, 0.25) is 0 Å². The molecule has 0 aliphatic heterocycles. The third-order valence-corrected chi connectivity index (χ3v) is 3.89. The second kappa shape index (κ2) is 9.50. The van der Waals surface area contributed by atoms with Crippen LogP contribution in [0.5, 0.6) is 0 Å². The quantitative estimate of drug-likeness (QED) is 0.403. The van der Waals surface area contributed by atoms with Gasteiger partial charge in [0.05, 0.1) is 9.40 Å². The zero-order valence-electron chi connectivity index (χ0n) is 12.2. The van der Waals surface area contributed by atoms with Crippen molar-refractivity contribution >= 4 is 27.5 Å². The first-order valence-corrected chi connectivity index (χ1v) is 8.07. The van der Waals surface area contributed by atoms with Gasteiger partial charge < -0.3 is 5.32 Å². The molecule has 1 amide bonds. The second-order valence-corrected chi connectivity index (χ2v) is 5.80. The van der Waals surface area contributed by atoms with E-state index in [2.05, 4.69) is 28.2 Å². The smallest absolute Gasteiger partial charge is 0.284 e. The molecule has 1 rings (SSSR count). The highest BCUT2D eigenvalue weighted by molar-refractivity contribution is 9.10. The van der Waals surface area contributed by atoms with Crippen LogP contribution in [0, 0.1) is 10.1 Å². The number of nitrogens with one attached hydrogen (secondary N) is 1. The van der Waals surface area contributed by atoms with E-state index in [0.717, 1.165) is 12.8 Å². The molecule has 0 aliphatic rings. The highest BCUT2D eigenvalue weighted by atomic mass is 79.9. The van der Waals surface area contributed by atoms with E-state index in [1.165, 1.54) is 37.8 Å². The summed E-state index contributed by atoms with van der Waals surface area (Å²) in [5.74, 6) is -0.265. The van der Waals surface area contributed by atoms with E-state index in [4.69, 9.17) is 0 Å². The van der Waals surface area contributed by atoms with Gasteiger partial charge in [-0.2, -0.15) is 0 Å². The van der Waals surface area contributed by atoms with Crippen LogP contribution in [0.25, 0.3) is 0 Å². The summed E-state index contributed by atoms with van der Waals surface area (Å²) < 4.78 is 0.375. The third-order valence-electron chi connectivity index (χ3n) is 3.22. The fraction of sp³-hybridized carbons (Fsp3) is 0.533. The molecule has 0 fully saturated rings. The first-order chi connectivity index (χ1) is 10.1. The zero-order valence-corrected chi connectivity index (χ0v) is 13.8. The fourth-order valence-electron chi connectivity index (χ4n) is 2.00. The van der Waals surface area contributed by atoms with Gasteiger partial charge in [0, 0.05) is 18.2 Å². The normalized spacial score (nSPS) is 10.4. The Hall–Kier alpha value is -1.43. The fourth-order valence-corrected chi connectivity index (χ4v) is 2.39. The number of amides is 1. The zero-order chi connectivity index (χ0) is 15.7. The van der Waals surface area contributed by atoms with Crippen molar-refractivity contribution in [2.75, 3.05) is 6.54 Å². The molecule has 5 nitrogen and oxygen atoms in total. The second-order valence-electron chi connectivity index (χ2n) is 4.95. The Morgan fingerprint density at radius 1 is 1.24 bits per heavy atom. The molecule has 0 saturated carbocycles. The molecule has 0 heterocycles. The van der Waals surface area contributed by atoms with Crippen molar-refractivity contribution in [3.8, 4) is 0 Å². The van der Waals surface area contributed by atoms with Crippen molar-refractivity contribution in [1.82, 2.24) is 5.32 Å². The minimum atomic E-state index is -0.505. The molecule has 21 heavy (non-hydrogen) atoms. The molecule has 0 bridgehead atoms. The van der Waals surface area contributed by atoms with Gasteiger partial charge in [-0.05, 0) is 34.5 Å². The number of nitro groups is 1. The molecule has 0 spiro atoms. The predicted molar refractivity (Wildman–Crippen MR) is 86.5 cm³/mol. The van der Waals surface area contributed by atoms with Crippen LogP contribution in [-0.2, 0) is 0 Å². The van der Waals surface area contributed by atoms with Gasteiger partial charge in [-0.3, -0.25) is 14.9 Å². The number of hydrogen-bond acceptors (Lipinski definition) is 3. The average molecular weight is 357 g/mol.